The van der Waals surface area contributed by atoms with Crippen LogP contribution in [0.2, 0.25) is 0 Å². The number of phenols is 1. The number of esters is 1. The predicted octanol–water partition coefficient (Wildman–Crippen LogP) is 3.32. The summed E-state index contributed by atoms with van der Waals surface area (Å²) in [4.78, 5) is 23.8. The molecular weight excluding hydrogens is 268 g/mol. The molecule has 0 bridgehead atoms. The maximum atomic E-state index is 12.0. The molecule has 0 spiro atoms. The van der Waals surface area contributed by atoms with Crippen molar-refractivity contribution in [3.05, 3.63) is 42.0 Å². The van der Waals surface area contributed by atoms with Gasteiger partial charge in [-0.15, -0.1) is 0 Å². The second-order valence-electron chi connectivity index (χ2n) is 5.93. The Morgan fingerprint density at radius 3 is 2.43 bits per heavy atom. The zero-order valence-corrected chi connectivity index (χ0v) is 12.3. The molecule has 0 aliphatic heterocycles. The zero-order chi connectivity index (χ0) is 15.6. The Labute approximate surface area is 123 Å². The van der Waals surface area contributed by atoms with Gasteiger partial charge in [-0.3, -0.25) is 4.79 Å². The summed E-state index contributed by atoms with van der Waals surface area (Å²) in [6.45, 7) is 4.98. The van der Waals surface area contributed by atoms with E-state index in [0.717, 1.165) is 5.39 Å². The number of Topliss-reactive ketones (excluding diaryl/α,β-unsaturated/α-hetero) is 1. The van der Waals surface area contributed by atoms with Gasteiger partial charge in [0, 0.05) is 10.8 Å². The third kappa shape index (κ3) is 3.21. The van der Waals surface area contributed by atoms with Crippen molar-refractivity contribution < 1.29 is 19.4 Å². The summed E-state index contributed by atoms with van der Waals surface area (Å²) in [6.07, 6.45) is 0. The van der Waals surface area contributed by atoms with Gasteiger partial charge in [-0.2, -0.15) is 0 Å². The number of benzene rings is 2. The molecule has 0 amide bonds. The van der Waals surface area contributed by atoms with Gasteiger partial charge in [0.15, 0.2) is 12.4 Å². The molecule has 21 heavy (non-hydrogen) atoms. The Morgan fingerprint density at radius 1 is 1.10 bits per heavy atom. The number of carbonyl (C=O) groups is 2. The van der Waals surface area contributed by atoms with Crippen LogP contribution < -0.4 is 0 Å². The fourth-order valence-electron chi connectivity index (χ4n) is 1.85. The minimum Gasteiger partial charge on any atom is -0.506 e. The lowest BCUT2D eigenvalue weighted by molar-refractivity contribution is -0.129. The van der Waals surface area contributed by atoms with E-state index in [9.17, 15) is 14.7 Å². The van der Waals surface area contributed by atoms with Crippen LogP contribution in [0.4, 0.5) is 0 Å². The fraction of sp³-hybridized carbons (Fsp3) is 0.294. The predicted molar refractivity (Wildman–Crippen MR) is 80.4 cm³/mol. The van der Waals surface area contributed by atoms with E-state index in [-0.39, 0.29) is 23.7 Å². The first kappa shape index (κ1) is 15.0. The highest BCUT2D eigenvalue weighted by Crippen LogP contribution is 2.29. The van der Waals surface area contributed by atoms with E-state index in [1.807, 2.05) is 12.1 Å². The number of aromatic hydroxyl groups is 1. The summed E-state index contributed by atoms with van der Waals surface area (Å²) in [5.74, 6) is -0.992. The van der Waals surface area contributed by atoms with Crippen molar-refractivity contribution in [3.8, 4) is 5.75 Å². The second-order valence-corrected chi connectivity index (χ2v) is 5.93. The molecule has 0 heterocycles. The maximum Gasteiger partial charge on any atom is 0.342 e. The lowest BCUT2D eigenvalue weighted by atomic mass is 9.91. The number of hydrogen-bond donors (Lipinski definition) is 1. The molecule has 0 aliphatic rings. The quantitative estimate of drug-likeness (QED) is 0.879. The van der Waals surface area contributed by atoms with Crippen molar-refractivity contribution in [2.45, 2.75) is 20.8 Å². The molecule has 2 aromatic rings. The molecule has 0 unspecified atom stereocenters. The molecule has 0 atom stereocenters. The van der Waals surface area contributed by atoms with Crippen LogP contribution in [-0.2, 0) is 9.53 Å². The highest BCUT2D eigenvalue weighted by atomic mass is 16.5. The molecule has 1 N–H and O–H groups in total. The molecular formula is C17H18O4. The number of carbonyl (C=O) groups excluding carboxylic acids is 2. The van der Waals surface area contributed by atoms with E-state index in [1.165, 1.54) is 6.07 Å². The van der Waals surface area contributed by atoms with Crippen LogP contribution in [0.1, 0.15) is 31.1 Å². The SMILES string of the molecule is CC(C)(C)C(=O)COC(=O)c1ccc2ccccc2c1O. The highest BCUT2D eigenvalue weighted by molar-refractivity contribution is 6.01. The average Bonchev–Trinajstić information content (AvgIpc) is 2.44. The summed E-state index contributed by atoms with van der Waals surface area (Å²) < 4.78 is 5.00. The minimum absolute atomic E-state index is 0.0652. The first-order chi connectivity index (χ1) is 9.80. The Balaban J connectivity index is 2.20. The van der Waals surface area contributed by atoms with Crippen LogP contribution in [0.15, 0.2) is 36.4 Å². The molecule has 0 aliphatic carbocycles. The zero-order valence-electron chi connectivity index (χ0n) is 12.3. The number of phenolic OH excluding ortho intramolecular Hbond substituents is 1. The number of rotatable bonds is 3. The van der Waals surface area contributed by atoms with E-state index in [4.69, 9.17) is 4.74 Å². The van der Waals surface area contributed by atoms with Gasteiger partial charge in [0.25, 0.3) is 0 Å². The lowest BCUT2D eigenvalue weighted by Gasteiger charge is -2.16. The van der Waals surface area contributed by atoms with Crippen LogP contribution in [0.3, 0.4) is 0 Å². The van der Waals surface area contributed by atoms with Crippen molar-refractivity contribution >= 4 is 22.5 Å². The van der Waals surface area contributed by atoms with Gasteiger partial charge in [0.2, 0.25) is 0 Å². The number of fused-ring (bicyclic) bond motifs is 1. The van der Waals surface area contributed by atoms with Crippen LogP contribution >= 0.6 is 0 Å². The average molecular weight is 286 g/mol. The van der Waals surface area contributed by atoms with E-state index in [1.54, 1.807) is 39.0 Å². The first-order valence-corrected chi connectivity index (χ1v) is 6.72. The van der Waals surface area contributed by atoms with Gasteiger partial charge in [0.05, 0.1) is 0 Å². The molecule has 0 aromatic heterocycles. The summed E-state index contributed by atoms with van der Waals surface area (Å²) in [6, 6.07) is 10.4. The molecule has 2 aromatic carbocycles. The summed E-state index contributed by atoms with van der Waals surface area (Å²) in [7, 11) is 0. The smallest absolute Gasteiger partial charge is 0.342 e. The Morgan fingerprint density at radius 2 is 1.76 bits per heavy atom. The van der Waals surface area contributed by atoms with Gasteiger partial charge in [0.1, 0.15) is 11.3 Å². The topological polar surface area (TPSA) is 63.6 Å². The molecule has 110 valence electrons. The van der Waals surface area contributed by atoms with Gasteiger partial charge < -0.3 is 9.84 Å². The van der Waals surface area contributed by atoms with Crippen LogP contribution in [0, 0.1) is 5.41 Å². The Bertz CT molecular complexity index is 695. The fourth-order valence-corrected chi connectivity index (χ4v) is 1.85. The molecule has 0 saturated carbocycles. The van der Waals surface area contributed by atoms with E-state index in [2.05, 4.69) is 0 Å². The van der Waals surface area contributed by atoms with Crippen LogP contribution in [0.25, 0.3) is 10.8 Å². The molecule has 4 heteroatoms. The third-order valence-corrected chi connectivity index (χ3v) is 3.29. The van der Waals surface area contributed by atoms with Crippen molar-refractivity contribution in [2.24, 2.45) is 5.41 Å². The summed E-state index contributed by atoms with van der Waals surface area (Å²) in [5.41, 5.74) is -0.499. The monoisotopic (exact) mass is 286 g/mol. The lowest BCUT2D eigenvalue weighted by Crippen LogP contribution is -2.26. The van der Waals surface area contributed by atoms with Gasteiger partial charge in [-0.05, 0) is 11.5 Å². The molecule has 0 saturated heterocycles. The molecule has 2 rings (SSSR count). The Hall–Kier alpha value is -2.36. The normalized spacial score (nSPS) is 11.4. The van der Waals surface area contributed by atoms with Gasteiger partial charge in [-0.25, -0.2) is 4.79 Å². The van der Waals surface area contributed by atoms with E-state index < -0.39 is 11.4 Å². The second kappa shape index (κ2) is 5.56. The molecule has 0 radical (unpaired) electrons. The summed E-state index contributed by atoms with van der Waals surface area (Å²) in [5, 5.41) is 11.6. The number of hydrogen-bond acceptors (Lipinski definition) is 4. The van der Waals surface area contributed by atoms with Gasteiger partial charge >= 0.3 is 5.97 Å². The molecule has 4 nitrogen and oxygen atoms in total. The summed E-state index contributed by atoms with van der Waals surface area (Å²) >= 11 is 0. The van der Waals surface area contributed by atoms with Crippen LogP contribution in [0.5, 0.6) is 5.75 Å². The van der Waals surface area contributed by atoms with Gasteiger partial charge in [-0.1, -0.05) is 51.1 Å². The number of ether oxygens (including phenoxy) is 1. The maximum absolute atomic E-state index is 12.0. The number of ketones is 1. The largest absolute Gasteiger partial charge is 0.506 e. The standard InChI is InChI=1S/C17H18O4/c1-17(2,3)14(18)10-21-16(20)13-9-8-11-6-4-5-7-12(11)15(13)19/h4-9,19H,10H2,1-3H3. The van der Waals surface area contributed by atoms with Crippen molar-refractivity contribution in [1.82, 2.24) is 0 Å². The Kier molecular flexibility index (Phi) is 3.98. The van der Waals surface area contributed by atoms with E-state index in [0.29, 0.717) is 5.39 Å². The van der Waals surface area contributed by atoms with Crippen molar-refractivity contribution in [1.29, 1.82) is 0 Å². The first-order valence-electron chi connectivity index (χ1n) is 6.72. The van der Waals surface area contributed by atoms with Crippen molar-refractivity contribution in [2.75, 3.05) is 6.61 Å². The third-order valence-electron chi connectivity index (χ3n) is 3.29. The van der Waals surface area contributed by atoms with Crippen molar-refractivity contribution in [3.63, 3.8) is 0 Å². The van der Waals surface area contributed by atoms with Crippen LogP contribution in [-0.4, -0.2) is 23.5 Å². The molecule has 0 fully saturated rings. The highest BCUT2D eigenvalue weighted by Gasteiger charge is 2.23. The minimum atomic E-state index is -0.698. The van der Waals surface area contributed by atoms with E-state index >= 15 is 0 Å².